The Balaban J connectivity index is 2.46. The number of hydrogen-bond acceptors (Lipinski definition) is 3. The van der Waals surface area contributed by atoms with Crippen LogP contribution >= 0.6 is 11.6 Å². The number of pyridine rings is 1. The highest BCUT2D eigenvalue weighted by Crippen LogP contribution is 2.21. The Hall–Kier alpha value is -1.87. The minimum absolute atomic E-state index is 0.153. The molecule has 0 fully saturated rings. The van der Waals surface area contributed by atoms with Gasteiger partial charge in [-0.3, -0.25) is 9.78 Å². The molecule has 0 aliphatic heterocycles. The highest BCUT2D eigenvalue weighted by Gasteiger charge is 2.12. The van der Waals surface area contributed by atoms with E-state index in [0.717, 1.165) is 0 Å². The van der Waals surface area contributed by atoms with E-state index < -0.39 is 0 Å². The fraction of sp³-hybridized carbons (Fsp3) is 0. The number of hydrogen-bond donors (Lipinski definition) is 1. The molecule has 0 bridgehead atoms. The van der Waals surface area contributed by atoms with Crippen molar-refractivity contribution in [1.82, 2.24) is 4.98 Å². The van der Waals surface area contributed by atoms with Gasteiger partial charge in [-0.1, -0.05) is 11.6 Å². The van der Waals surface area contributed by atoms with Gasteiger partial charge in [0.1, 0.15) is 0 Å². The van der Waals surface area contributed by atoms with Gasteiger partial charge in [-0.15, -0.1) is 0 Å². The lowest BCUT2D eigenvalue weighted by Gasteiger charge is -2.04. The molecule has 0 atom stereocenters. The highest BCUT2D eigenvalue weighted by atomic mass is 35.5. The molecule has 0 aliphatic carbocycles. The van der Waals surface area contributed by atoms with E-state index in [9.17, 15) is 4.79 Å². The Morgan fingerprint density at radius 3 is 2.56 bits per heavy atom. The number of carbonyl (C=O) groups is 1. The average molecular weight is 233 g/mol. The second kappa shape index (κ2) is 4.33. The third kappa shape index (κ3) is 2.04. The number of halogens is 1. The third-order valence-corrected chi connectivity index (χ3v) is 2.51. The Morgan fingerprint density at radius 2 is 1.88 bits per heavy atom. The lowest BCUT2D eigenvalue weighted by molar-refractivity contribution is 0.103. The number of nitrogens with zero attached hydrogens (tertiary/aromatic N) is 1. The summed E-state index contributed by atoms with van der Waals surface area (Å²) in [5.74, 6) is -0.153. The molecule has 3 nitrogen and oxygen atoms in total. The van der Waals surface area contributed by atoms with Crippen LogP contribution < -0.4 is 5.73 Å². The van der Waals surface area contributed by atoms with E-state index in [2.05, 4.69) is 4.98 Å². The number of carbonyl (C=O) groups excluding carboxylic acids is 1. The molecule has 0 radical (unpaired) electrons. The zero-order chi connectivity index (χ0) is 11.5. The molecule has 0 spiro atoms. The Kier molecular flexibility index (Phi) is 2.88. The number of nitrogens with two attached hydrogens (primary N) is 1. The highest BCUT2D eigenvalue weighted by molar-refractivity contribution is 6.35. The van der Waals surface area contributed by atoms with Gasteiger partial charge in [0, 0.05) is 29.2 Å². The number of benzene rings is 1. The number of anilines is 1. The van der Waals surface area contributed by atoms with Gasteiger partial charge in [0.15, 0.2) is 5.78 Å². The fourth-order valence-electron chi connectivity index (χ4n) is 1.38. The Morgan fingerprint density at radius 1 is 1.19 bits per heavy atom. The van der Waals surface area contributed by atoms with Gasteiger partial charge >= 0.3 is 0 Å². The summed E-state index contributed by atoms with van der Waals surface area (Å²) in [6, 6.07) is 8.13. The van der Waals surface area contributed by atoms with Gasteiger partial charge in [0.25, 0.3) is 0 Å². The molecule has 1 heterocycles. The first-order valence-electron chi connectivity index (χ1n) is 4.68. The van der Waals surface area contributed by atoms with Crippen LogP contribution in [0.25, 0.3) is 0 Å². The monoisotopic (exact) mass is 232 g/mol. The predicted octanol–water partition coefficient (Wildman–Crippen LogP) is 2.55. The number of nitrogen functional groups attached to an aromatic ring is 1. The van der Waals surface area contributed by atoms with Crippen LogP contribution in [0, 0.1) is 0 Å². The van der Waals surface area contributed by atoms with Crippen LogP contribution in [0.1, 0.15) is 15.9 Å². The minimum atomic E-state index is -0.153. The Bertz CT molecular complexity index is 526. The molecule has 1 aromatic carbocycles. The molecule has 0 saturated heterocycles. The summed E-state index contributed by atoms with van der Waals surface area (Å²) in [5.41, 5.74) is 7.09. The van der Waals surface area contributed by atoms with E-state index >= 15 is 0 Å². The molecule has 4 heteroatoms. The van der Waals surface area contributed by atoms with Gasteiger partial charge in [0.05, 0.1) is 5.02 Å². The first-order valence-corrected chi connectivity index (χ1v) is 5.06. The second-order valence-corrected chi connectivity index (χ2v) is 3.71. The van der Waals surface area contributed by atoms with Crippen LogP contribution in [0.2, 0.25) is 5.02 Å². The van der Waals surface area contributed by atoms with Crippen molar-refractivity contribution < 1.29 is 4.79 Å². The van der Waals surface area contributed by atoms with Gasteiger partial charge in [-0.05, 0) is 30.3 Å². The van der Waals surface area contributed by atoms with Crippen LogP contribution in [-0.2, 0) is 0 Å². The van der Waals surface area contributed by atoms with Crippen molar-refractivity contribution in [1.29, 1.82) is 0 Å². The molecule has 80 valence electrons. The molecule has 0 amide bonds. The second-order valence-electron chi connectivity index (χ2n) is 3.30. The number of rotatable bonds is 2. The summed E-state index contributed by atoms with van der Waals surface area (Å²) < 4.78 is 0. The van der Waals surface area contributed by atoms with Crippen molar-refractivity contribution in [3.8, 4) is 0 Å². The summed E-state index contributed by atoms with van der Waals surface area (Å²) in [5, 5.41) is 0.399. The van der Waals surface area contributed by atoms with Crippen LogP contribution in [0.3, 0.4) is 0 Å². The zero-order valence-corrected chi connectivity index (χ0v) is 9.11. The molecule has 2 aromatic rings. The topological polar surface area (TPSA) is 56.0 Å². The molecule has 0 saturated carbocycles. The van der Waals surface area contributed by atoms with Crippen molar-refractivity contribution in [2.75, 3.05) is 5.73 Å². The summed E-state index contributed by atoms with van der Waals surface area (Å²) in [6.07, 6.45) is 3.13. The van der Waals surface area contributed by atoms with Crippen LogP contribution in [0.4, 0.5) is 5.69 Å². The maximum absolute atomic E-state index is 12.1. The van der Waals surface area contributed by atoms with Crippen molar-refractivity contribution in [2.24, 2.45) is 0 Å². The fourth-order valence-corrected chi connectivity index (χ4v) is 1.58. The van der Waals surface area contributed by atoms with Crippen LogP contribution in [-0.4, -0.2) is 10.8 Å². The van der Waals surface area contributed by atoms with E-state index in [1.807, 2.05) is 0 Å². The summed E-state index contributed by atoms with van der Waals surface area (Å²) in [4.78, 5) is 15.9. The van der Waals surface area contributed by atoms with Crippen molar-refractivity contribution >= 4 is 23.1 Å². The SMILES string of the molecule is Nc1ccc(Cl)c(C(=O)c2ccncc2)c1. The van der Waals surface area contributed by atoms with Gasteiger partial charge in [-0.25, -0.2) is 0 Å². The first kappa shape index (κ1) is 10.6. The first-order chi connectivity index (χ1) is 7.68. The smallest absolute Gasteiger partial charge is 0.194 e. The van der Waals surface area contributed by atoms with Gasteiger partial charge in [0.2, 0.25) is 0 Å². The maximum Gasteiger partial charge on any atom is 0.194 e. The largest absolute Gasteiger partial charge is 0.399 e. The van der Waals surface area contributed by atoms with E-state index in [0.29, 0.717) is 21.8 Å². The normalized spacial score (nSPS) is 10.1. The molecule has 0 aliphatic rings. The molecular weight excluding hydrogens is 224 g/mol. The van der Waals surface area contributed by atoms with E-state index in [-0.39, 0.29) is 5.78 Å². The molecule has 1 aromatic heterocycles. The predicted molar refractivity (Wildman–Crippen MR) is 63.5 cm³/mol. The molecule has 16 heavy (non-hydrogen) atoms. The molecule has 0 unspecified atom stereocenters. The maximum atomic E-state index is 12.1. The Labute approximate surface area is 97.9 Å². The third-order valence-electron chi connectivity index (χ3n) is 2.18. The van der Waals surface area contributed by atoms with E-state index in [4.69, 9.17) is 17.3 Å². The zero-order valence-electron chi connectivity index (χ0n) is 8.35. The summed E-state index contributed by atoms with van der Waals surface area (Å²) >= 11 is 5.95. The van der Waals surface area contributed by atoms with Crippen molar-refractivity contribution in [2.45, 2.75) is 0 Å². The number of ketones is 1. The van der Waals surface area contributed by atoms with Crippen LogP contribution in [0.5, 0.6) is 0 Å². The standard InChI is InChI=1S/C12H9ClN2O/c13-11-2-1-9(14)7-10(11)12(16)8-3-5-15-6-4-8/h1-7H,14H2. The lowest BCUT2D eigenvalue weighted by Crippen LogP contribution is -2.03. The minimum Gasteiger partial charge on any atom is -0.399 e. The van der Waals surface area contributed by atoms with Gasteiger partial charge < -0.3 is 5.73 Å². The van der Waals surface area contributed by atoms with E-state index in [1.54, 1.807) is 42.7 Å². The molecule has 2 N–H and O–H groups in total. The quantitative estimate of drug-likeness (QED) is 0.640. The van der Waals surface area contributed by atoms with E-state index in [1.165, 1.54) is 0 Å². The molecular formula is C12H9ClN2O. The summed E-state index contributed by atoms with van der Waals surface area (Å²) in [7, 11) is 0. The van der Waals surface area contributed by atoms with Crippen LogP contribution in [0.15, 0.2) is 42.7 Å². The lowest BCUT2D eigenvalue weighted by atomic mass is 10.0. The van der Waals surface area contributed by atoms with Crippen molar-refractivity contribution in [3.05, 3.63) is 58.9 Å². The molecule has 2 rings (SSSR count). The number of aromatic nitrogens is 1. The average Bonchev–Trinajstić information content (AvgIpc) is 2.32. The summed E-state index contributed by atoms with van der Waals surface area (Å²) in [6.45, 7) is 0. The van der Waals surface area contributed by atoms with Gasteiger partial charge in [-0.2, -0.15) is 0 Å². The van der Waals surface area contributed by atoms with Crippen molar-refractivity contribution in [3.63, 3.8) is 0 Å².